The van der Waals surface area contributed by atoms with Crippen LogP contribution in [0.4, 0.5) is 21.5 Å². The Bertz CT molecular complexity index is 1910. The summed E-state index contributed by atoms with van der Waals surface area (Å²) in [5, 5.41) is 1.89. The first-order valence-electron chi connectivity index (χ1n) is 13.2. The van der Waals surface area contributed by atoms with Gasteiger partial charge in [-0.2, -0.15) is 0 Å². The Morgan fingerprint density at radius 3 is 1.90 bits per heavy atom. The van der Waals surface area contributed by atoms with Crippen molar-refractivity contribution in [2.75, 3.05) is 4.90 Å². The molecule has 0 saturated heterocycles. The zero-order valence-electron chi connectivity index (χ0n) is 21.6. The predicted molar refractivity (Wildman–Crippen MR) is 156 cm³/mol. The average Bonchev–Trinajstić information content (AvgIpc) is 3.28. The number of nitrogens with zero attached hydrogens (tertiary/aromatic N) is 3. The number of aromatic nitrogens is 2. The fraction of sp³-hybridized carbons (Fsp3) is 0.0857. The van der Waals surface area contributed by atoms with E-state index in [9.17, 15) is 4.39 Å². The SMILES string of the molecule is CC1(C)c2ccccc2N(c2ccc(-c3ccc4c5c(cc(F)cc35)-c3nccnc3-4)cc2)c2ccccc21. The lowest BCUT2D eigenvalue weighted by Crippen LogP contribution is -2.30. The molecule has 6 aromatic rings. The van der Waals surface area contributed by atoms with Crippen molar-refractivity contribution >= 4 is 27.8 Å². The van der Waals surface area contributed by atoms with Gasteiger partial charge in [-0.05, 0) is 64.0 Å². The van der Waals surface area contributed by atoms with E-state index in [-0.39, 0.29) is 11.2 Å². The Hall–Kier alpha value is -4.83. The smallest absolute Gasteiger partial charge is 0.124 e. The summed E-state index contributed by atoms with van der Waals surface area (Å²) < 4.78 is 14.9. The van der Waals surface area contributed by atoms with Crippen LogP contribution in [0.15, 0.2) is 109 Å². The van der Waals surface area contributed by atoms with Crippen molar-refractivity contribution in [2.24, 2.45) is 0 Å². The van der Waals surface area contributed by atoms with Gasteiger partial charge in [-0.1, -0.05) is 74.5 Å². The van der Waals surface area contributed by atoms with E-state index in [4.69, 9.17) is 0 Å². The number of para-hydroxylation sites is 2. The topological polar surface area (TPSA) is 29.0 Å². The summed E-state index contributed by atoms with van der Waals surface area (Å²) in [7, 11) is 0. The molecule has 2 heterocycles. The van der Waals surface area contributed by atoms with Crippen molar-refractivity contribution in [1.29, 1.82) is 0 Å². The summed E-state index contributed by atoms with van der Waals surface area (Å²) >= 11 is 0. The molecule has 0 fully saturated rings. The standard InChI is InChI=1S/C35H24FN3/c1-35(2)28-7-3-5-9-30(28)39(31-10-6-4-8-29(31)35)23-13-11-21(12-14-23)24-15-16-25-32-26(24)19-22(36)20-27(32)34-33(25)37-17-18-38-34/h3-20H,1-2H3. The second-order valence-corrected chi connectivity index (χ2v) is 10.8. The van der Waals surface area contributed by atoms with Crippen LogP contribution in [-0.4, -0.2) is 9.97 Å². The highest BCUT2D eigenvalue weighted by atomic mass is 19.1. The lowest BCUT2D eigenvalue weighted by Gasteiger charge is -2.42. The zero-order chi connectivity index (χ0) is 26.3. The van der Waals surface area contributed by atoms with Gasteiger partial charge in [0.25, 0.3) is 0 Å². The van der Waals surface area contributed by atoms with Crippen molar-refractivity contribution in [3.05, 3.63) is 126 Å². The molecule has 5 aromatic carbocycles. The predicted octanol–water partition coefficient (Wildman–Crippen LogP) is 9.19. The lowest BCUT2D eigenvalue weighted by molar-refractivity contribution is 0.630. The molecule has 186 valence electrons. The van der Waals surface area contributed by atoms with E-state index in [1.807, 2.05) is 0 Å². The number of benzene rings is 5. The fourth-order valence-electron chi connectivity index (χ4n) is 6.55. The maximum Gasteiger partial charge on any atom is 0.124 e. The third kappa shape index (κ3) is 3.03. The van der Waals surface area contributed by atoms with Gasteiger partial charge in [0, 0.05) is 40.0 Å². The van der Waals surface area contributed by atoms with Gasteiger partial charge in [0.15, 0.2) is 0 Å². The Morgan fingerprint density at radius 1 is 0.641 bits per heavy atom. The quantitative estimate of drug-likeness (QED) is 0.234. The summed E-state index contributed by atoms with van der Waals surface area (Å²) in [6.07, 6.45) is 3.36. The van der Waals surface area contributed by atoms with Gasteiger partial charge in [-0.15, -0.1) is 0 Å². The molecule has 4 heteroatoms. The third-order valence-corrected chi connectivity index (χ3v) is 8.36. The number of halogens is 1. The molecular formula is C35H24FN3. The summed E-state index contributed by atoms with van der Waals surface area (Å²) in [4.78, 5) is 11.4. The van der Waals surface area contributed by atoms with Gasteiger partial charge < -0.3 is 4.90 Å². The number of rotatable bonds is 2. The van der Waals surface area contributed by atoms with Crippen LogP contribution in [0, 0.1) is 5.82 Å². The van der Waals surface area contributed by atoms with Gasteiger partial charge in [-0.3, -0.25) is 9.97 Å². The highest BCUT2D eigenvalue weighted by Crippen LogP contribution is 2.52. The molecule has 1 aliphatic carbocycles. The normalized spacial score (nSPS) is 14.2. The minimum absolute atomic E-state index is 0.0976. The lowest BCUT2D eigenvalue weighted by atomic mass is 9.73. The second kappa shape index (κ2) is 7.84. The van der Waals surface area contributed by atoms with E-state index in [1.54, 1.807) is 24.5 Å². The van der Waals surface area contributed by atoms with Crippen molar-refractivity contribution < 1.29 is 4.39 Å². The second-order valence-electron chi connectivity index (χ2n) is 10.8. The van der Waals surface area contributed by atoms with Crippen LogP contribution in [0.3, 0.4) is 0 Å². The highest BCUT2D eigenvalue weighted by molar-refractivity contribution is 6.17. The Kier molecular flexibility index (Phi) is 4.46. The third-order valence-electron chi connectivity index (χ3n) is 8.36. The molecule has 0 amide bonds. The van der Waals surface area contributed by atoms with E-state index in [1.165, 1.54) is 22.5 Å². The van der Waals surface area contributed by atoms with Crippen LogP contribution >= 0.6 is 0 Å². The molecule has 1 aliphatic heterocycles. The zero-order valence-corrected chi connectivity index (χ0v) is 21.6. The molecular weight excluding hydrogens is 481 g/mol. The monoisotopic (exact) mass is 505 g/mol. The van der Waals surface area contributed by atoms with Crippen LogP contribution in [-0.2, 0) is 5.41 Å². The van der Waals surface area contributed by atoms with Crippen molar-refractivity contribution in [1.82, 2.24) is 9.97 Å². The minimum atomic E-state index is -0.268. The van der Waals surface area contributed by atoms with Crippen LogP contribution in [0.25, 0.3) is 44.4 Å². The van der Waals surface area contributed by atoms with Gasteiger partial charge in [0.2, 0.25) is 0 Å². The van der Waals surface area contributed by atoms with E-state index < -0.39 is 0 Å². The molecule has 3 nitrogen and oxygen atoms in total. The van der Waals surface area contributed by atoms with Gasteiger partial charge in [0.1, 0.15) is 5.82 Å². The molecule has 0 N–H and O–H groups in total. The first-order valence-corrected chi connectivity index (χ1v) is 13.2. The Balaban J connectivity index is 1.28. The summed E-state index contributed by atoms with van der Waals surface area (Å²) in [6.45, 7) is 4.59. The first kappa shape index (κ1) is 22.2. The number of fused-ring (bicyclic) bond motifs is 5. The van der Waals surface area contributed by atoms with Gasteiger partial charge in [0.05, 0.1) is 22.8 Å². The van der Waals surface area contributed by atoms with Crippen LogP contribution < -0.4 is 4.90 Å². The van der Waals surface area contributed by atoms with E-state index in [0.29, 0.717) is 0 Å². The minimum Gasteiger partial charge on any atom is -0.310 e. The molecule has 0 saturated carbocycles. The Labute approximate surface area is 226 Å². The molecule has 2 aliphatic rings. The fourth-order valence-corrected chi connectivity index (χ4v) is 6.55. The first-order chi connectivity index (χ1) is 19.0. The Morgan fingerprint density at radius 2 is 1.23 bits per heavy atom. The highest BCUT2D eigenvalue weighted by Gasteiger charge is 2.36. The number of hydrogen-bond acceptors (Lipinski definition) is 3. The molecule has 0 unspecified atom stereocenters. The van der Waals surface area contributed by atoms with Crippen molar-refractivity contribution in [3.63, 3.8) is 0 Å². The van der Waals surface area contributed by atoms with Crippen LogP contribution in [0.1, 0.15) is 25.0 Å². The molecule has 0 radical (unpaired) electrons. The molecule has 0 atom stereocenters. The molecule has 0 spiro atoms. The maximum absolute atomic E-state index is 14.9. The van der Waals surface area contributed by atoms with Crippen LogP contribution in [0.2, 0.25) is 0 Å². The summed E-state index contributed by atoms with van der Waals surface area (Å²) in [5.41, 5.74) is 11.4. The van der Waals surface area contributed by atoms with Crippen molar-refractivity contribution in [3.8, 4) is 33.6 Å². The van der Waals surface area contributed by atoms with Gasteiger partial charge >= 0.3 is 0 Å². The molecule has 8 rings (SSSR count). The van der Waals surface area contributed by atoms with E-state index >= 15 is 0 Å². The van der Waals surface area contributed by atoms with E-state index in [0.717, 1.165) is 50.1 Å². The van der Waals surface area contributed by atoms with Crippen molar-refractivity contribution in [2.45, 2.75) is 19.3 Å². The van der Waals surface area contributed by atoms with E-state index in [2.05, 4.69) is 114 Å². The summed E-state index contributed by atoms with van der Waals surface area (Å²) in [5.74, 6) is -0.268. The summed E-state index contributed by atoms with van der Waals surface area (Å²) in [6, 6.07) is 33.3. The average molecular weight is 506 g/mol. The van der Waals surface area contributed by atoms with Crippen LogP contribution in [0.5, 0.6) is 0 Å². The molecule has 39 heavy (non-hydrogen) atoms. The molecule has 0 bridgehead atoms. The number of hydrogen-bond donors (Lipinski definition) is 0. The largest absolute Gasteiger partial charge is 0.310 e. The number of anilines is 3. The van der Waals surface area contributed by atoms with Gasteiger partial charge in [-0.25, -0.2) is 4.39 Å². The maximum atomic E-state index is 14.9. The molecule has 1 aromatic heterocycles.